The van der Waals surface area contributed by atoms with E-state index in [9.17, 15) is 22.0 Å². The van der Waals surface area contributed by atoms with Crippen molar-refractivity contribution in [1.82, 2.24) is 4.90 Å². The van der Waals surface area contributed by atoms with Gasteiger partial charge in [0.1, 0.15) is 22.3 Å². The first-order valence-corrected chi connectivity index (χ1v) is 11.4. The van der Waals surface area contributed by atoms with Gasteiger partial charge in [0.15, 0.2) is 0 Å². The average molecular weight is 460 g/mol. The predicted octanol–water partition coefficient (Wildman–Crippen LogP) is 5.03. The van der Waals surface area contributed by atoms with E-state index >= 15 is 0 Å². The van der Waals surface area contributed by atoms with Crippen LogP contribution >= 0.6 is 0 Å². The molecule has 0 aliphatic carbocycles. The van der Waals surface area contributed by atoms with Crippen molar-refractivity contribution in [1.29, 1.82) is 0 Å². The molecule has 0 radical (unpaired) electrons. The molecule has 3 rings (SSSR count). The molecule has 0 N–H and O–H groups in total. The monoisotopic (exact) mass is 459 g/mol. The largest absolute Gasteiger partial charge is 0.379 e. The molecule has 0 saturated carbocycles. The molecule has 0 unspecified atom stereocenters. The fraction of sp³-hybridized carbons (Fsp3) is 0.208. The second-order valence-electron chi connectivity index (χ2n) is 7.70. The molecule has 1 amide bonds. The Morgan fingerprint density at radius 3 is 2.31 bits per heavy atom. The minimum Gasteiger partial charge on any atom is -0.379 e. The molecular formula is C24H23F2NO4S. The van der Waals surface area contributed by atoms with Crippen LogP contribution in [0.3, 0.4) is 0 Å². The summed E-state index contributed by atoms with van der Waals surface area (Å²) in [6, 6.07) is 16.4. The molecule has 0 saturated heterocycles. The number of nitrogens with zero attached hydrogens (tertiary/aromatic N) is 1. The lowest BCUT2D eigenvalue weighted by Gasteiger charge is -2.25. The summed E-state index contributed by atoms with van der Waals surface area (Å²) >= 11 is 0. The highest BCUT2D eigenvalue weighted by Crippen LogP contribution is 2.22. The Labute approximate surface area is 186 Å². The molecule has 3 aromatic carbocycles. The Balaban J connectivity index is 1.82. The van der Waals surface area contributed by atoms with Crippen molar-refractivity contribution >= 4 is 16.0 Å². The smallest absolute Gasteiger partial charge is 0.339 e. The Morgan fingerprint density at radius 2 is 1.66 bits per heavy atom. The fourth-order valence-electron chi connectivity index (χ4n) is 3.16. The zero-order chi connectivity index (χ0) is 23.3. The summed E-state index contributed by atoms with van der Waals surface area (Å²) < 4.78 is 57.4. The number of carbonyl (C=O) groups excluding carboxylic acids is 1. The summed E-state index contributed by atoms with van der Waals surface area (Å²) in [6.45, 7) is 4.40. The summed E-state index contributed by atoms with van der Waals surface area (Å²) in [5.41, 5.74) is 0.585. The third-order valence-corrected chi connectivity index (χ3v) is 5.82. The van der Waals surface area contributed by atoms with Crippen LogP contribution in [0.15, 0.2) is 77.7 Å². The van der Waals surface area contributed by atoms with Crippen molar-refractivity contribution in [3.63, 3.8) is 0 Å². The summed E-state index contributed by atoms with van der Waals surface area (Å²) in [5, 5.41) is 0. The average Bonchev–Trinajstić information content (AvgIpc) is 2.73. The van der Waals surface area contributed by atoms with Crippen LogP contribution in [0, 0.1) is 17.6 Å². The van der Waals surface area contributed by atoms with Crippen molar-refractivity contribution < 1.29 is 26.2 Å². The van der Waals surface area contributed by atoms with E-state index in [1.54, 1.807) is 18.2 Å². The van der Waals surface area contributed by atoms with Gasteiger partial charge >= 0.3 is 10.1 Å². The molecule has 168 valence electrons. The van der Waals surface area contributed by atoms with Crippen LogP contribution in [-0.4, -0.2) is 25.8 Å². The van der Waals surface area contributed by atoms with E-state index in [0.29, 0.717) is 12.1 Å². The zero-order valence-electron chi connectivity index (χ0n) is 17.7. The molecule has 0 bridgehead atoms. The summed E-state index contributed by atoms with van der Waals surface area (Å²) in [4.78, 5) is 14.3. The number of amides is 1. The predicted molar refractivity (Wildman–Crippen MR) is 117 cm³/mol. The second-order valence-corrected chi connectivity index (χ2v) is 9.24. The lowest BCUT2D eigenvalue weighted by Crippen LogP contribution is -2.34. The molecule has 8 heteroatoms. The highest BCUT2D eigenvalue weighted by atomic mass is 32.2. The number of carbonyl (C=O) groups is 1. The van der Waals surface area contributed by atoms with Gasteiger partial charge in [0.2, 0.25) is 0 Å². The van der Waals surface area contributed by atoms with Crippen molar-refractivity contribution in [2.24, 2.45) is 5.92 Å². The van der Waals surface area contributed by atoms with Crippen molar-refractivity contribution in [3.05, 3.63) is 95.6 Å². The highest BCUT2D eigenvalue weighted by Gasteiger charge is 2.21. The van der Waals surface area contributed by atoms with E-state index in [1.807, 2.05) is 13.8 Å². The topological polar surface area (TPSA) is 63.7 Å². The van der Waals surface area contributed by atoms with Crippen LogP contribution < -0.4 is 4.18 Å². The number of benzene rings is 3. The quantitative estimate of drug-likeness (QED) is 0.443. The van der Waals surface area contributed by atoms with E-state index in [4.69, 9.17) is 4.18 Å². The van der Waals surface area contributed by atoms with Gasteiger partial charge in [-0.2, -0.15) is 8.42 Å². The molecular weight excluding hydrogens is 436 g/mol. The van der Waals surface area contributed by atoms with Crippen LogP contribution in [0.2, 0.25) is 0 Å². The summed E-state index contributed by atoms with van der Waals surface area (Å²) in [5.74, 6) is -1.44. The molecule has 0 atom stereocenters. The Hall–Kier alpha value is -3.26. The van der Waals surface area contributed by atoms with E-state index in [0.717, 1.165) is 24.3 Å². The highest BCUT2D eigenvalue weighted by molar-refractivity contribution is 7.87. The normalized spacial score (nSPS) is 11.4. The standard InChI is InChI=1S/C24H23F2NO4S/c1-17(2)15-27(24(28)22-8-3-4-9-23(22)26)16-18-6-5-7-20(14-18)31-32(29,30)21-12-10-19(25)11-13-21/h3-14,17H,15-16H2,1-2H3. The van der Waals surface area contributed by atoms with Crippen LogP contribution in [0.25, 0.3) is 0 Å². The number of rotatable bonds is 8. The number of hydrogen-bond acceptors (Lipinski definition) is 4. The maximum Gasteiger partial charge on any atom is 0.339 e. The maximum absolute atomic E-state index is 14.2. The Kier molecular flexibility index (Phi) is 7.25. The first kappa shape index (κ1) is 23.4. The van der Waals surface area contributed by atoms with Gasteiger partial charge in [-0.05, 0) is 60.0 Å². The minimum absolute atomic E-state index is 0.0283. The van der Waals surface area contributed by atoms with Crippen LogP contribution in [0.5, 0.6) is 5.75 Å². The first-order valence-electron chi connectivity index (χ1n) is 9.98. The third kappa shape index (κ3) is 5.91. The van der Waals surface area contributed by atoms with E-state index in [2.05, 4.69) is 0 Å². The molecule has 3 aromatic rings. The maximum atomic E-state index is 14.2. The molecule has 0 spiro atoms. The van der Waals surface area contributed by atoms with Gasteiger partial charge < -0.3 is 9.08 Å². The van der Waals surface area contributed by atoms with Crippen LogP contribution in [-0.2, 0) is 16.7 Å². The van der Waals surface area contributed by atoms with E-state index < -0.39 is 27.7 Å². The number of halogens is 2. The second kappa shape index (κ2) is 9.91. The molecule has 32 heavy (non-hydrogen) atoms. The molecule has 0 aromatic heterocycles. The van der Waals surface area contributed by atoms with E-state index in [1.165, 1.54) is 35.2 Å². The van der Waals surface area contributed by atoms with Gasteiger partial charge in [0.25, 0.3) is 5.91 Å². The molecule has 0 aliphatic heterocycles. The van der Waals surface area contributed by atoms with Gasteiger partial charge in [0.05, 0.1) is 5.56 Å². The molecule has 0 heterocycles. The van der Waals surface area contributed by atoms with Crippen molar-refractivity contribution in [2.75, 3.05) is 6.54 Å². The van der Waals surface area contributed by atoms with Gasteiger partial charge in [-0.15, -0.1) is 0 Å². The number of hydrogen-bond donors (Lipinski definition) is 0. The van der Waals surface area contributed by atoms with Gasteiger partial charge in [-0.25, -0.2) is 8.78 Å². The fourth-order valence-corrected chi connectivity index (χ4v) is 4.08. The molecule has 0 aliphatic rings. The van der Waals surface area contributed by atoms with Crippen molar-refractivity contribution in [2.45, 2.75) is 25.3 Å². The Morgan fingerprint density at radius 1 is 0.969 bits per heavy atom. The lowest BCUT2D eigenvalue weighted by molar-refractivity contribution is 0.0717. The van der Waals surface area contributed by atoms with Crippen molar-refractivity contribution in [3.8, 4) is 5.75 Å². The third-order valence-electron chi connectivity index (χ3n) is 4.56. The lowest BCUT2D eigenvalue weighted by atomic mass is 10.1. The Bertz CT molecular complexity index is 1190. The first-order chi connectivity index (χ1) is 15.2. The van der Waals surface area contributed by atoms with E-state index in [-0.39, 0.29) is 28.7 Å². The molecule has 0 fully saturated rings. The summed E-state index contributed by atoms with van der Waals surface area (Å²) in [6.07, 6.45) is 0. The van der Waals surface area contributed by atoms with Crippen LogP contribution in [0.1, 0.15) is 29.8 Å². The zero-order valence-corrected chi connectivity index (χ0v) is 18.5. The van der Waals surface area contributed by atoms with Gasteiger partial charge in [-0.1, -0.05) is 38.1 Å². The summed E-state index contributed by atoms with van der Waals surface area (Å²) in [7, 11) is -4.16. The minimum atomic E-state index is -4.16. The van der Waals surface area contributed by atoms with Gasteiger partial charge in [0, 0.05) is 13.1 Å². The van der Waals surface area contributed by atoms with Crippen LogP contribution in [0.4, 0.5) is 8.78 Å². The SMILES string of the molecule is CC(C)CN(Cc1cccc(OS(=O)(=O)c2ccc(F)cc2)c1)C(=O)c1ccccc1F. The molecule has 5 nitrogen and oxygen atoms in total. The van der Waals surface area contributed by atoms with Gasteiger partial charge in [-0.3, -0.25) is 4.79 Å².